The Morgan fingerprint density at radius 3 is 3.06 bits per heavy atom. The minimum Gasteiger partial charge on any atom is -0.310 e. The summed E-state index contributed by atoms with van der Waals surface area (Å²) in [5.74, 6) is 3.99. The van der Waals surface area contributed by atoms with Gasteiger partial charge in [0.1, 0.15) is 5.82 Å². The Kier molecular flexibility index (Phi) is 2.92. The van der Waals surface area contributed by atoms with Crippen LogP contribution >= 0.6 is 0 Å². The summed E-state index contributed by atoms with van der Waals surface area (Å²) in [5, 5.41) is 4.79. The Labute approximate surface area is 96.4 Å². The van der Waals surface area contributed by atoms with Gasteiger partial charge in [0.15, 0.2) is 0 Å². The molecule has 0 bridgehead atoms. The normalized spacial score (nSPS) is 12.8. The van der Waals surface area contributed by atoms with Gasteiger partial charge in [-0.2, -0.15) is 0 Å². The van der Waals surface area contributed by atoms with Crippen molar-refractivity contribution in [2.75, 3.05) is 5.32 Å². The number of nitroso groups, excluding NO2 is 1. The van der Waals surface area contributed by atoms with E-state index in [1.165, 1.54) is 6.20 Å². The van der Waals surface area contributed by atoms with Crippen molar-refractivity contribution >= 4 is 17.6 Å². The lowest BCUT2D eigenvalue weighted by Crippen LogP contribution is -2.20. The molecule has 1 aliphatic heterocycles. The zero-order valence-corrected chi connectivity index (χ0v) is 8.69. The van der Waals surface area contributed by atoms with Gasteiger partial charge in [-0.25, -0.2) is 4.98 Å². The highest BCUT2D eigenvalue weighted by Crippen LogP contribution is 2.20. The smallest absolute Gasteiger partial charge is 0.310 e. The topological polar surface area (TPSA) is 88.5 Å². The number of nitrogens with zero attached hydrogens (tertiary/aromatic N) is 2. The van der Waals surface area contributed by atoms with Crippen LogP contribution in [0, 0.1) is 16.7 Å². The SMILES string of the molecule is O=NC(=O)C#Cc1cnc2c(c1)CCC(=O)N2. The van der Waals surface area contributed by atoms with Crippen molar-refractivity contribution < 1.29 is 9.59 Å². The average molecular weight is 229 g/mol. The number of hydrogen-bond donors (Lipinski definition) is 1. The van der Waals surface area contributed by atoms with Crippen molar-refractivity contribution in [1.29, 1.82) is 0 Å². The third kappa shape index (κ3) is 2.52. The van der Waals surface area contributed by atoms with E-state index in [9.17, 15) is 14.5 Å². The van der Waals surface area contributed by atoms with Crippen molar-refractivity contribution in [3.05, 3.63) is 28.3 Å². The molecule has 1 aliphatic rings. The molecule has 1 aromatic rings. The molecular weight excluding hydrogens is 222 g/mol. The van der Waals surface area contributed by atoms with Gasteiger partial charge in [-0.15, -0.1) is 4.91 Å². The first-order chi connectivity index (χ1) is 8.19. The minimum atomic E-state index is -1.02. The molecular formula is C11H7N3O3. The molecule has 17 heavy (non-hydrogen) atoms. The highest BCUT2D eigenvalue weighted by atomic mass is 16.3. The fourth-order valence-electron chi connectivity index (χ4n) is 1.47. The quantitative estimate of drug-likeness (QED) is 0.521. The zero-order chi connectivity index (χ0) is 12.3. The molecule has 2 heterocycles. The number of carbonyl (C=O) groups excluding carboxylic acids is 2. The molecule has 0 aliphatic carbocycles. The summed E-state index contributed by atoms with van der Waals surface area (Å²) in [7, 11) is 0. The number of aromatic nitrogens is 1. The Hall–Kier alpha value is -2.55. The molecule has 0 saturated heterocycles. The van der Waals surface area contributed by atoms with Gasteiger partial charge in [0.2, 0.25) is 5.91 Å². The van der Waals surface area contributed by atoms with Gasteiger partial charge in [-0.1, -0.05) is 5.92 Å². The highest BCUT2D eigenvalue weighted by molar-refractivity contribution is 5.95. The number of amides is 2. The van der Waals surface area contributed by atoms with Crippen LogP contribution in [-0.2, 0) is 16.0 Å². The van der Waals surface area contributed by atoms with E-state index < -0.39 is 5.91 Å². The number of aryl methyl sites for hydroxylation is 1. The summed E-state index contributed by atoms with van der Waals surface area (Å²) in [5.41, 5.74) is 1.37. The van der Waals surface area contributed by atoms with E-state index in [2.05, 4.69) is 27.3 Å². The second-order valence-corrected chi connectivity index (χ2v) is 3.43. The maximum absolute atomic E-state index is 11.1. The third-order valence-electron chi connectivity index (χ3n) is 2.24. The van der Waals surface area contributed by atoms with E-state index in [-0.39, 0.29) is 5.91 Å². The van der Waals surface area contributed by atoms with Gasteiger partial charge in [-0.05, 0) is 18.1 Å². The van der Waals surface area contributed by atoms with Crippen LogP contribution in [-0.4, -0.2) is 16.8 Å². The summed E-state index contributed by atoms with van der Waals surface area (Å²) >= 11 is 0. The fourth-order valence-corrected chi connectivity index (χ4v) is 1.47. The van der Waals surface area contributed by atoms with Crippen molar-refractivity contribution in [3.63, 3.8) is 0 Å². The molecule has 84 valence electrons. The Balaban J connectivity index is 2.27. The van der Waals surface area contributed by atoms with Gasteiger partial charge in [0.25, 0.3) is 0 Å². The van der Waals surface area contributed by atoms with Crippen LogP contribution in [0.4, 0.5) is 5.82 Å². The van der Waals surface area contributed by atoms with E-state index >= 15 is 0 Å². The average Bonchev–Trinajstić information content (AvgIpc) is 2.35. The predicted octanol–water partition coefficient (Wildman–Crippen LogP) is 0.611. The van der Waals surface area contributed by atoms with E-state index in [1.54, 1.807) is 6.07 Å². The van der Waals surface area contributed by atoms with Crippen molar-refractivity contribution in [2.24, 2.45) is 5.18 Å². The van der Waals surface area contributed by atoms with Crippen LogP contribution in [0.2, 0.25) is 0 Å². The van der Waals surface area contributed by atoms with E-state index in [0.717, 1.165) is 5.56 Å². The Morgan fingerprint density at radius 1 is 1.47 bits per heavy atom. The molecule has 0 unspecified atom stereocenters. The molecule has 6 heteroatoms. The van der Waals surface area contributed by atoms with Gasteiger partial charge in [0, 0.05) is 29.3 Å². The lowest BCUT2D eigenvalue weighted by atomic mass is 10.1. The summed E-state index contributed by atoms with van der Waals surface area (Å²) in [4.78, 5) is 35.5. The minimum absolute atomic E-state index is 0.0656. The summed E-state index contributed by atoms with van der Waals surface area (Å²) in [6.07, 6.45) is 2.42. The molecule has 0 spiro atoms. The lowest BCUT2D eigenvalue weighted by Gasteiger charge is -2.14. The summed E-state index contributed by atoms with van der Waals surface area (Å²) in [6, 6.07) is 1.73. The third-order valence-corrected chi connectivity index (χ3v) is 2.24. The number of rotatable bonds is 0. The molecule has 2 amide bonds. The van der Waals surface area contributed by atoms with Crippen molar-refractivity contribution in [3.8, 4) is 11.8 Å². The van der Waals surface area contributed by atoms with Crippen LogP contribution in [0.15, 0.2) is 17.4 Å². The van der Waals surface area contributed by atoms with Gasteiger partial charge in [-0.3, -0.25) is 9.59 Å². The zero-order valence-electron chi connectivity index (χ0n) is 8.69. The van der Waals surface area contributed by atoms with Gasteiger partial charge >= 0.3 is 5.91 Å². The number of nitrogens with one attached hydrogen (secondary N) is 1. The molecule has 2 rings (SSSR count). The molecule has 1 aromatic heterocycles. The van der Waals surface area contributed by atoms with Crippen molar-refractivity contribution in [1.82, 2.24) is 4.98 Å². The van der Waals surface area contributed by atoms with E-state index in [4.69, 9.17) is 0 Å². The number of hydrogen-bond acceptors (Lipinski definition) is 4. The first kappa shape index (κ1) is 11.0. The maximum Gasteiger partial charge on any atom is 0.360 e. The standard InChI is InChI=1S/C11H7N3O3/c15-9-4-2-8-5-7(1-3-10(16)14-17)6-12-11(8)13-9/h5-6H,2,4H2,(H,12,13,15). The second kappa shape index (κ2) is 4.53. The first-order valence-corrected chi connectivity index (χ1v) is 4.87. The summed E-state index contributed by atoms with van der Waals surface area (Å²) < 4.78 is 0. The molecule has 6 nitrogen and oxygen atoms in total. The Morgan fingerprint density at radius 2 is 2.29 bits per heavy atom. The maximum atomic E-state index is 11.1. The van der Waals surface area contributed by atoms with Crippen LogP contribution in [0.1, 0.15) is 17.5 Å². The highest BCUT2D eigenvalue weighted by Gasteiger charge is 2.15. The van der Waals surface area contributed by atoms with Gasteiger partial charge < -0.3 is 5.32 Å². The molecule has 0 atom stereocenters. The second-order valence-electron chi connectivity index (χ2n) is 3.43. The van der Waals surface area contributed by atoms with E-state index in [1.807, 2.05) is 0 Å². The summed E-state index contributed by atoms with van der Waals surface area (Å²) in [6.45, 7) is 0. The van der Waals surface area contributed by atoms with Crippen LogP contribution < -0.4 is 5.32 Å². The first-order valence-electron chi connectivity index (χ1n) is 4.87. The Bertz CT molecular complexity index is 569. The molecule has 0 fully saturated rings. The molecule has 1 N–H and O–H groups in total. The monoisotopic (exact) mass is 229 g/mol. The number of pyridine rings is 1. The predicted molar refractivity (Wildman–Crippen MR) is 58.9 cm³/mol. The number of anilines is 1. The number of carbonyl (C=O) groups is 2. The fraction of sp³-hybridized carbons (Fsp3) is 0.182. The van der Waals surface area contributed by atoms with Gasteiger partial charge in [0.05, 0.1) is 0 Å². The van der Waals surface area contributed by atoms with Crippen molar-refractivity contribution in [2.45, 2.75) is 12.8 Å². The van der Waals surface area contributed by atoms with E-state index in [0.29, 0.717) is 24.2 Å². The number of fused-ring (bicyclic) bond motifs is 1. The molecule has 0 saturated carbocycles. The van der Waals surface area contributed by atoms with Crippen LogP contribution in [0.25, 0.3) is 0 Å². The molecule has 0 aromatic carbocycles. The largest absolute Gasteiger partial charge is 0.360 e. The molecule has 0 radical (unpaired) electrons. The van der Waals surface area contributed by atoms with Crippen LogP contribution in [0.5, 0.6) is 0 Å². The van der Waals surface area contributed by atoms with Crippen LogP contribution in [0.3, 0.4) is 0 Å². The lowest BCUT2D eigenvalue weighted by molar-refractivity contribution is -0.116.